The highest BCUT2D eigenvalue weighted by atomic mass is 32.2. The van der Waals surface area contributed by atoms with Gasteiger partial charge in [0.25, 0.3) is 0 Å². The van der Waals surface area contributed by atoms with E-state index in [2.05, 4.69) is 29.3 Å². The van der Waals surface area contributed by atoms with Gasteiger partial charge in [0.2, 0.25) is 0 Å². The van der Waals surface area contributed by atoms with E-state index in [9.17, 15) is 4.21 Å². The first kappa shape index (κ1) is 20.4. The molecule has 6 heteroatoms. The maximum absolute atomic E-state index is 12.4. The molecule has 3 rings (SSSR count). The summed E-state index contributed by atoms with van der Waals surface area (Å²) >= 11 is 0. The number of nitrogens with one attached hydrogen (secondary N) is 1. The zero-order valence-electron chi connectivity index (χ0n) is 16.6. The molecular weight excluding hydrogens is 370 g/mol. The lowest BCUT2D eigenvalue weighted by atomic mass is 9.98. The van der Waals surface area contributed by atoms with E-state index in [4.69, 9.17) is 9.73 Å². The first-order valence-electron chi connectivity index (χ1n) is 9.82. The van der Waals surface area contributed by atoms with Gasteiger partial charge >= 0.3 is 0 Å². The number of ether oxygens (including phenoxy) is 1. The molecule has 0 spiro atoms. The van der Waals surface area contributed by atoms with Gasteiger partial charge in [0.05, 0.1) is 24.5 Å². The smallest absolute Gasteiger partial charge is 0.193 e. The zero-order chi connectivity index (χ0) is 19.8. The molecule has 2 atom stereocenters. The van der Waals surface area contributed by atoms with E-state index < -0.39 is 10.8 Å². The number of aliphatic imine (C=N–C) groups is 1. The van der Waals surface area contributed by atoms with Crippen molar-refractivity contribution < 1.29 is 8.95 Å². The second-order valence-corrected chi connectivity index (χ2v) is 8.37. The predicted octanol–water partition coefficient (Wildman–Crippen LogP) is 3.26. The van der Waals surface area contributed by atoms with Crippen molar-refractivity contribution >= 4 is 16.8 Å². The highest BCUT2D eigenvalue weighted by Crippen LogP contribution is 2.28. The van der Waals surface area contributed by atoms with Gasteiger partial charge in [0.15, 0.2) is 5.96 Å². The van der Waals surface area contributed by atoms with E-state index in [1.54, 1.807) is 7.11 Å². The second kappa shape index (κ2) is 10.3. The van der Waals surface area contributed by atoms with Crippen LogP contribution < -0.4 is 10.1 Å². The van der Waals surface area contributed by atoms with Gasteiger partial charge in [-0.05, 0) is 43.2 Å². The van der Waals surface area contributed by atoms with Crippen LogP contribution >= 0.6 is 0 Å². The summed E-state index contributed by atoms with van der Waals surface area (Å²) in [6, 6.07) is 17.9. The minimum Gasteiger partial charge on any atom is -0.497 e. The number of likely N-dealkylation sites (tertiary alicyclic amines) is 1. The van der Waals surface area contributed by atoms with Gasteiger partial charge in [-0.15, -0.1) is 0 Å². The Morgan fingerprint density at radius 1 is 1.21 bits per heavy atom. The third-order valence-corrected chi connectivity index (χ3v) is 6.31. The third-order valence-electron chi connectivity index (χ3n) is 4.95. The summed E-state index contributed by atoms with van der Waals surface area (Å²) in [7, 11) is 0.680. The molecule has 1 fully saturated rings. The van der Waals surface area contributed by atoms with Crippen LogP contribution in [0.3, 0.4) is 0 Å². The number of methoxy groups -OCH3 is 1. The molecule has 1 aliphatic rings. The number of benzene rings is 2. The van der Waals surface area contributed by atoms with Crippen molar-refractivity contribution in [3.8, 4) is 5.75 Å². The molecule has 0 aromatic heterocycles. The fourth-order valence-corrected chi connectivity index (χ4v) is 4.40. The van der Waals surface area contributed by atoms with E-state index in [1.807, 2.05) is 42.5 Å². The predicted molar refractivity (Wildman–Crippen MR) is 116 cm³/mol. The average molecular weight is 400 g/mol. The molecular formula is C22H29N3O2S. The summed E-state index contributed by atoms with van der Waals surface area (Å²) in [4.78, 5) is 7.91. The molecule has 1 N–H and O–H groups in total. The van der Waals surface area contributed by atoms with Crippen LogP contribution in [0.4, 0.5) is 0 Å². The second-order valence-electron chi connectivity index (χ2n) is 6.80. The molecule has 0 amide bonds. The largest absolute Gasteiger partial charge is 0.497 e. The summed E-state index contributed by atoms with van der Waals surface area (Å²) in [6.07, 6.45) is 1.10. The Balaban J connectivity index is 1.58. The van der Waals surface area contributed by atoms with Crippen LogP contribution in [-0.2, 0) is 10.8 Å². The standard InChI is InChI=1S/C22H29N3O2S/c1-3-23-22(24-14-16-28(26)21-7-5-4-6-8-21)25-15-13-19(17-25)18-9-11-20(27-2)12-10-18/h4-12,19H,3,13-17H2,1-2H3,(H,23,24). The molecule has 1 heterocycles. The van der Waals surface area contributed by atoms with E-state index in [1.165, 1.54) is 5.56 Å². The van der Waals surface area contributed by atoms with Crippen LogP contribution in [0, 0.1) is 0 Å². The van der Waals surface area contributed by atoms with Crippen LogP contribution in [0.5, 0.6) is 5.75 Å². The minimum absolute atomic E-state index is 0.494. The topological polar surface area (TPSA) is 53.9 Å². The van der Waals surface area contributed by atoms with Crippen molar-refractivity contribution in [2.45, 2.75) is 24.2 Å². The minimum atomic E-state index is -1.01. The zero-order valence-corrected chi connectivity index (χ0v) is 17.5. The first-order valence-corrected chi connectivity index (χ1v) is 11.1. The Labute approximate surface area is 170 Å². The Kier molecular flexibility index (Phi) is 7.48. The highest BCUT2D eigenvalue weighted by Gasteiger charge is 2.26. The molecule has 0 saturated carbocycles. The van der Waals surface area contributed by atoms with E-state index in [-0.39, 0.29) is 0 Å². The van der Waals surface area contributed by atoms with E-state index in [0.717, 1.165) is 42.7 Å². The number of hydrogen-bond acceptors (Lipinski definition) is 3. The van der Waals surface area contributed by atoms with Crippen LogP contribution in [0.1, 0.15) is 24.8 Å². The number of nitrogens with zero attached hydrogens (tertiary/aromatic N) is 2. The number of rotatable bonds is 7. The molecule has 0 bridgehead atoms. The highest BCUT2D eigenvalue weighted by molar-refractivity contribution is 7.85. The Morgan fingerprint density at radius 3 is 2.64 bits per heavy atom. The summed E-state index contributed by atoms with van der Waals surface area (Å²) in [6.45, 7) is 5.37. The Morgan fingerprint density at radius 2 is 1.96 bits per heavy atom. The van der Waals surface area contributed by atoms with Gasteiger partial charge < -0.3 is 15.0 Å². The monoisotopic (exact) mass is 399 g/mol. The molecule has 1 aliphatic heterocycles. The van der Waals surface area contributed by atoms with Crippen molar-refractivity contribution in [3.05, 3.63) is 60.2 Å². The first-order chi connectivity index (χ1) is 13.7. The van der Waals surface area contributed by atoms with E-state index >= 15 is 0 Å². The third kappa shape index (κ3) is 5.35. The van der Waals surface area contributed by atoms with Gasteiger partial charge in [-0.25, -0.2) is 0 Å². The van der Waals surface area contributed by atoms with Gasteiger partial charge in [-0.2, -0.15) is 0 Å². The lowest BCUT2D eigenvalue weighted by molar-refractivity contribution is 0.414. The van der Waals surface area contributed by atoms with E-state index in [0.29, 0.717) is 18.2 Å². The quantitative estimate of drug-likeness (QED) is 0.574. The van der Waals surface area contributed by atoms with Crippen molar-refractivity contribution in [2.24, 2.45) is 4.99 Å². The SMILES string of the molecule is CCNC(=NCCS(=O)c1ccccc1)N1CCC(c2ccc(OC)cc2)C1. The average Bonchev–Trinajstić information content (AvgIpc) is 3.24. The maximum atomic E-state index is 12.4. The maximum Gasteiger partial charge on any atom is 0.193 e. The lowest BCUT2D eigenvalue weighted by Gasteiger charge is -2.21. The molecule has 150 valence electrons. The Bertz CT molecular complexity index is 793. The molecule has 2 unspecified atom stereocenters. The van der Waals surface area contributed by atoms with Gasteiger partial charge in [0, 0.05) is 36.2 Å². The fourth-order valence-electron chi connectivity index (χ4n) is 3.45. The number of hydrogen-bond donors (Lipinski definition) is 1. The van der Waals surface area contributed by atoms with Gasteiger partial charge in [0.1, 0.15) is 5.75 Å². The molecule has 0 aliphatic carbocycles. The number of guanidine groups is 1. The van der Waals surface area contributed by atoms with Crippen molar-refractivity contribution in [2.75, 3.05) is 39.0 Å². The van der Waals surface area contributed by atoms with Crippen LogP contribution in [0.15, 0.2) is 64.5 Å². The molecule has 0 radical (unpaired) electrons. The Hall–Kier alpha value is -2.34. The molecule has 5 nitrogen and oxygen atoms in total. The normalized spacial score (nSPS) is 18.1. The lowest BCUT2D eigenvalue weighted by Crippen LogP contribution is -2.40. The van der Waals surface area contributed by atoms with Gasteiger partial charge in [-0.3, -0.25) is 9.20 Å². The summed E-state index contributed by atoms with van der Waals surface area (Å²) < 4.78 is 17.6. The summed E-state index contributed by atoms with van der Waals surface area (Å²) in [5.74, 6) is 2.84. The molecule has 2 aromatic carbocycles. The van der Waals surface area contributed by atoms with Crippen molar-refractivity contribution in [1.82, 2.24) is 10.2 Å². The van der Waals surface area contributed by atoms with Crippen molar-refractivity contribution in [1.29, 1.82) is 0 Å². The molecule has 2 aromatic rings. The van der Waals surface area contributed by atoms with Crippen LogP contribution in [0.2, 0.25) is 0 Å². The molecule has 28 heavy (non-hydrogen) atoms. The van der Waals surface area contributed by atoms with Crippen LogP contribution in [-0.4, -0.2) is 54.1 Å². The van der Waals surface area contributed by atoms with Crippen LogP contribution in [0.25, 0.3) is 0 Å². The molecule has 1 saturated heterocycles. The summed E-state index contributed by atoms with van der Waals surface area (Å²) in [5.41, 5.74) is 1.34. The summed E-state index contributed by atoms with van der Waals surface area (Å²) in [5, 5.41) is 3.39. The van der Waals surface area contributed by atoms with Gasteiger partial charge in [-0.1, -0.05) is 30.3 Å². The fraction of sp³-hybridized carbons (Fsp3) is 0.409. The van der Waals surface area contributed by atoms with Crippen molar-refractivity contribution in [3.63, 3.8) is 0 Å².